The maximum Gasteiger partial charge on any atom is 0.203 e. The zero-order valence-corrected chi connectivity index (χ0v) is 15.6. The molecule has 0 bridgehead atoms. The Kier molecular flexibility index (Phi) is 4.12. The van der Waals surface area contributed by atoms with E-state index >= 15 is 0 Å². The first-order valence-electron chi connectivity index (χ1n) is 9.79. The quantitative estimate of drug-likeness (QED) is 0.293. The Labute approximate surface area is 162 Å². The van der Waals surface area contributed by atoms with Crippen molar-refractivity contribution in [1.29, 1.82) is 0 Å². The summed E-state index contributed by atoms with van der Waals surface area (Å²) in [7, 11) is 0. The van der Waals surface area contributed by atoms with Crippen molar-refractivity contribution in [2.45, 2.75) is 19.3 Å². The molecule has 0 atom stereocenters. The van der Waals surface area contributed by atoms with Crippen LogP contribution in [0.25, 0.3) is 33.4 Å². The van der Waals surface area contributed by atoms with Gasteiger partial charge in [0.2, 0.25) is 5.36 Å². The molecule has 0 amide bonds. The molecule has 2 aromatic rings. The summed E-state index contributed by atoms with van der Waals surface area (Å²) in [6, 6.07) is 18.7. The lowest BCUT2D eigenvalue weighted by atomic mass is 9.93. The maximum absolute atomic E-state index is 13.5. The highest BCUT2D eigenvalue weighted by Gasteiger charge is 2.19. The Morgan fingerprint density at radius 1 is 0.857 bits per heavy atom. The van der Waals surface area contributed by atoms with E-state index in [1.54, 1.807) is 0 Å². The van der Waals surface area contributed by atoms with Gasteiger partial charge in [-0.15, -0.1) is 0 Å². The zero-order chi connectivity index (χ0) is 19.1. The van der Waals surface area contributed by atoms with E-state index in [0.29, 0.717) is 5.69 Å². The summed E-state index contributed by atoms with van der Waals surface area (Å²) >= 11 is 0. The zero-order valence-electron chi connectivity index (χ0n) is 15.6. The molecular weight excluding hydrogens is 351 g/mol. The standard InChI is InChI=1S/C24H21FN2O/c25-17-6-4-16(5-7-17)24-20-10-8-18(26)14-22(20)28-23-15-19(9-11-21(23)24)27-12-2-1-3-13-27/h4-11,14-15,26H,1-3,12-13H2/p+1. The smallest absolute Gasteiger partial charge is 0.203 e. The van der Waals surface area contributed by atoms with Gasteiger partial charge in [-0.1, -0.05) is 12.1 Å². The minimum Gasteiger partial charge on any atom is -0.456 e. The first kappa shape index (κ1) is 17.0. The molecule has 2 N–H and O–H groups in total. The van der Waals surface area contributed by atoms with E-state index in [1.165, 1.54) is 36.8 Å². The van der Waals surface area contributed by atoms with E-state index in [9.17, 15) is 4.39 Å². The highest BCUT2D eigenvalue weighted by molar-refractivity contribution is 6.02. The second-order valence-corrected chi connectivity index (χ2v) is 7.47. The lowest BCUT2D eigenvalue weighted by Gasteiger charge is -2.16. The van der Waals surface area contributed by atoms with Crippen molar-refractivity contribution in [2.75, 3.05) is 18.8 Å². The van der Waals surface area contributed by atoms with E-state index in [0.717, 1.165) is 46.5 Å². The van der Waals surface area contributed by atoms with Crippen molar-refractivity contribution in [1.82, 2.24) is 4.58 Å². The summed E-state index contributed by atoms with van der Waals surface area (Å²) in [5, 5.41) is 2.16. The number of anilines is 1. The molecule has 5 rings (SSSR count). The van der Waals surface area contributed by atoms with Gasteiger partial charge in [0.1, 0.15) is 30.3 Å². The summed E-state index contributed by atoms with van der Waals surface area (Å²) in [5.41, 5.74) is 10.4. The van der Waals surface area contributed by atoms with Gasteiger partial charge in [-0.25, -0.2) is 8.97 Å². The van der Waals surface area contributed by atoms with E-state index in [1.807, 2.05) is 30.3 Å². The van der Waals surface area contributed by atoms with E-state index in [4.69, 9.17) is 10.2 Å². The summed E-state index contributed by atoms with van der Waals surface area (Å²) < 4.78 is 22.2. The Balaban J connectivity index is 1.83. The predicted molar refractivity (Wildman–Crippen MR) is 111 cm³/mol. The van der Waals surface area contributed by atoms with Gasteiger partial charge in [-0.05, 0) is 42.3 Å². The maximum atomic E-state index is 13.5. The lowest BCUT2D eigenvalue weighted by molar-refractivity contribution is 0.451. The number of fused-ring (bicyclic) bond motifs is 2. The monoisotopic (exact) mass is 373 g/mol. The van der Waals surface area contributed by atoms with Gasteiger partial charge >= 0.3 is 0 Å². The van der Waals surface area contributed by atoms with Crippen LogP contribution < -0.4 is 15.7 Å². The van der Waals surface area contributed by atoms with Crippen LogP contribution in [0, 0.1) is 5.82 Å². The molecule has 3 aliphatic rings. The van der Waals surface area contributed by atoms with Crippen molar-refractivity contribution in [3.63, 3.8) is 0 Å². The molecule has 140 valence electrons. The lowest BCUT2D eigenvalue weighted by Crippen LogP contribution is -2.34. The van der Waals surface area contributed by atoms with Crippen LogP contribution in [0.2, 0.25) is 0 Å². The van der Waals surface area contributed by atoms with Gasteiger partial charge in [-0.3, -0.25) is 0 Å². The van der Waals surface area contributed by atoms with Crippen molar-refractivity contribution in [3.8, 4) is 22.5 Å². The first-order chi connectivity index (χ1) is 13.7. The number of hydrogen-bond donors (Lipinski definition) is 1. The molecule has 0 aromatic heterocycles. The first-order valence-corrected chi connectivity index (χ1v) is 9.79. The molecule has 2 aliphatic heterocycles. The summed E-state index contributed by atoms with van der Waals surface area (Å²) in [4.78, 5) is 0. The number of rotatable bonds is 1. The highest BCUT2D eigenvalue weighted by Crippen LogP contribution is 2.40. The topological polar surface area (TPSA) is 42.2 Å². The average Bonchev–Trinajstić information content (AvgIpc) is 2.73. The third-order valence-corrected chi connectivity index (χ3v) is 5.58. The van der Waals surface area contributed by atoms with Gasteiger partial charge in [0.15, 0.2) is 0 Å². The van der Waals surface area contributed by atoms with Crippen molar-refractivity contribution in [3.05, 3.63) is 71.8 Å². The number of halogens is 1. The molecule has 2 aromatic carbocycles. The van der Waals surface area contributed by atoms with Crippen LogP contribution in [0.1, 0.15) is 19.3 Å². The van der Waals surface area contributed by atoms with Crippen LogP contribution >= 0.6 is 0 Å². The summed E-state index contributed by atoms with van der Waals surface area (Å²) in [6.07, 6.45) is 3.75. The van der Waals surface area contributed by atoms with Crippen molar-refractivity contribution < 1.29 is 8.81 Å². The Morgan fingerprint density at radius 3 is 2.43 bits per heavy atom. The third kappa shape index (κ3) is 2.95. The number of nitrogens with zero attached hydrogens (tertiary/aromatic N) is 1. The Hall–Kier alpha value is -3.14. The molecule has 4 heteroatoms. The molecule has 3 nitrogen and oxygen atoms in total. The molecule has 1 fully saturated rings. The average molecular weight is 373 g/mol. The minimum absolute atomic E-state index is 0.241. The van der Waals surface area contributed by atoms with Crippen LogP contribution in [-0.2, 0) is 0 Å². The Bertz CT molecular complexity index is 1200. The molecule has 28 heavy (non-hydrogen) atoms. The second kappa shape index (κ2) is 6.79. The third-order valence-electron chi connectivity index (χ3n) is 5.58. The van der Waals surface area contributed by atoms with Gasteiger partial charge in [0.05, 0.1) is 6.07 Å². The normalized spacial score (nSPS) is 14.7. The predicted octanol–water partition coefficient (Wildman–Crippen LogP) is 4.88. The number of hydrogen-bond acceptors (Lipinski definition) is 2. The number of piperidine rings is 1. The fraction of sp³-hybridized carbons (Fsp3) is 0.208. The Morgan fingerprint density at radius 2 is 1.64 bits per heavy atom. The van der Waals surface area contributed by atoms with E-state index in [-0.39, 0.29) is 5.82 Å². The van der Waals surface area contributed by atoms with Crippen LogP contribution in [0.15, 0.2) is 65.1 Å². The van der Waals surface area contributed by atoms with Gasteiger partial charge in [0.25, 0.3) is 0 Å². The largest absolute Gasteiger partial charge is 0.456 e. The van der Waals surface area contributed by atoms with Gasteiger partial charge in [0, 0.05) is 47.2 Å². The SMILES string of the molecule is Nc1ccc2c(-c3ccc(F)cc3)c3ccc(=[N+]4CCCCC4)cc-3oc2c1. The van der Waals surface area contributed by atoms with Crippen LogP contribution in [-0.4, -0.2) is 13.1 Å². The molecule has 0 radical (unpaired) electrons. The number of benzene rings is 3. The van der Waals surface area contributed by atoms with Gasteiger partial charge in [-0.2, -0.15) is 0 Å². The summed E-state index contributed by atoms with van der Waals surface area (Å²) in [6.45, 7) is 2.16. The fourth-order valence-corrected chi connectivity index (χ4v) is 4.17. The molecule has 1 aliphatic carbocycles. The molecule has 0 saturated carbocycles. The highest BCUT2D eigenvalue weighted by atomic mass is 19.1. The fourth-order valence-electron chi connectivity index (χ4n) is 4.17. The molecular formula is C24H22FN2O+. The van der Waals surface area contributed by atoms with Gasteiger partial charge < -0.3 is 10.2 Å². The van der Waals surface area contributed by atoms with Crippen LogP contribution in [0.5, 0.6) is 0 Å². The number of nitrogen functional groups attached to an aromatic ring is 1. The van der Waals surface area contributed by atoms with E-state index in [2.05, 4.69) is 22.8 Å². The van der Waals surface area contributed by atoms with Crippen molar-refractivity contribution in [2.24, 2.45) is 0 Å². The molecule has 1 saturated heterocycles. The second-order valence-electron chi connectivity index (χ2n) is 7.47. The van der Waals surface area contributed by atoms with Crippen LogP contribution in [0.3, 0.4) is 0 Å². The molecule has 0 unspecified atom stereocenters. The summed E-state index contributed by atoms with van der Waals surface area (Å²) in [5.74, 6) is 0.579. The van der Waals surface area contributed by atoms with E-state index < -0.39 is 0 Å². The number of nitrogens with two attached hydrogens (primary N) is 1. The van der Waals surface area contributed by atoms with Crippen LogP contribution in [0.4, 0.5) is 10.1 Å². The molecule has 0 spiro atoms. The molecule has 2 heterocycles. The minimum atomic E-state index is -0.241. The van der Waals surface area contributed by atoms with Crippen molar-refractivity contribution >= 4 is 16.7 Å².